The van der Waals surface area contributed by atoms with Crippen molar-refractivity contribution in [3.63, 3.8) is 0 Å². The summed E-state index contributed by atoms with van der Waals surface area (Å²) in [6.07, 6.45) is 5.77. The van der Waals surface area contributed by atoms with Gasteiger partial charge >= 0.3 is 0 Å². The van der Waals surface area contributed by atoms with Gasteiger partial charge in [-0.1, -0.05) is 0 Å². The molecule has 2 aliphatic rings. The molecule has 37 heavy (non-hydrogen) atoms. The molecule has 3 aromatic rings. The molecule has 0 spiro atoms. The normalized spacial score (nSPS) is 21.9. The molecular formula is C24H32FN9O3. The van der Waals surface area contributed by atoms with Crippen LogP contribution in [0.25, 0.3) is 5.69 Å². The second-order valence-corrected chi connectivity index (χ2v) is 10.2. The summed E-state index contributed by atoms with van der Waals surface area (Å²) < 4.78 is 21.7. The summed E-state index contributed by atoms with van der Waals surface area (Å²) in [5, 5.41) is 36.4. The van der Waals surface area contributed by atoms with E-state index in [1.807, 2.05) is 0 Å². The maximum atomic E-state index is 14.7. The number of fused-ring (bicyclic) bond motifs is 1. The number of aliphatic hydroxyl groups is 2. The van der Waals surface area contributed by atoms with Crippen LogP contribution < -0.4 is 15.4 Å². The van der Waals surface area contributed by atoms with Gasteiger partial charge in [0, 0.05) is 23.3 Å². The van der Waals surface area contributed by atoms with Crippen LogP contribution in [0.2, 0.25) is 0 Å². The lowest BCUT2D eigenvalue weighted by molar-refractivity contribution is 0.0500. The van der Waals surface area contributed by atoms with Gasteiger partial charge in [-0.25, -0.2) is 9.37 Å². The number of ether oxygens (including phenoxy) is 1. The van der Waals surface area contributed by atoms with E-state index in [-0.39, 0.29) is 30.0 Å². The largest absolute Gasteiger partial charge is 0.489 e. The summed E-state index contributed by atoms with van der Waals surface area (Å²) in [6, 6.07) is 5.74. The van der Waals surface area contributed by atoms with Gasteiger partial charge in [0.15, 0.2) is 11.6 Å². The Bertz CT molecular complexity index is 1210. The standard InChI is InChI=1S/C24H32FN9O3/c1-24(2)10-16(8-17-4-3-7-33(17)24)28-22-19(25)11-26-23(30-22)29-15-5-6-21(37-13-18(36)12-35)20(9-15)34-14-27-31-32-34/h5-6,9,11,14,16-18,35-36H,3-4,7-8,10,12-13H2,1-2H3,(H2,26,28,29,30)/t16-,17+,18?/m1/s1. The highest BCUT2D eigenvalue weighted by molar-refractivity contribution is 5.62. The molecule has 0 radical (unpaired) electrons. The van der Waals surface area contributed by atoms with Crippen molar-refractivity contribution in [3.8, 4) is 11.4 Å². The van der Waals surface area contributed by atoms with Crippen LogP contribution >= 0.6 is 0 Å². The van der Waals surface area contributed by atoms with Crippen molar-refractivity contribution in [2.45, 2.75) is 63.3 Å². The number of hydrogen-bond donors (Lipinski definition) is 4. The summed E-state index contributed by atoms with van der Waals surface area (Å²) in [5.41, 5.74) is 1.13. The highest BCUT2D eigenvalue weighted by atomic mass is 19.1. The Morgan fingerprint density at radius 3 is 2.97 bits per heavy atom. The van der Waals surface area contributed by atoms with Gasteiger partial charge in [0.1, 0.15) is 30.5 Å². The number of benzene rings is 1. The smallest absolute Gasteiger partial charge is 0.229 e. The zero-order valence-corrected chi connectivity index (χ0v) is 20.9. The molecule has 4 heterocycles. The first-order valence-corrected chi connectivity index (χ1v) is 12.4. The Labute approximate surface area is 213 Å². The van der Waals surface area contributed by atoms with E-state index < -0.39 is 18.5 Å². The second kappa shape index (κ2) is 10.5. The molecule has 0 amide bonds. The zero-order chi connectivity index (χ0) is 26.0. The van der Waals surface area contributed by atoms with Gasteiger partial charge in [-0.3, -0.25) is 4.90 Å². The Kier molecular flexibility index (Phi) is 7.17. The van der Waals surface area contributed by atoms with Crippen molar-refractivity contribution in [3.05, 3.63) is 36.5 Å². The first-order chi connectivity index (χ1) is 17.8. The Balaban J connectivity index is 1.33. The van der Waals surface area contributed by atoms with Crippen LogP contribution in [0.1, 0.15) is 39.5 Å². The van der Waals surface area contributed by atoms with Gasteiger partial charge in [-0.2, -0.15) is 9.67 Å². The fourth-order valence-electron chi connectivity index (χ4n) is 5.38. The van der Waals surface area contributed by atoms with Crippen molar-refractivity contribution < 1.29 is 19.3 Å². The number of hydrogen-bond acceptors (Lipinski definition) is 11. The highest BCUT2D eigenvalue weighted by Crippen LogP contribution is 2.38. The molecule has 2 fully saturated rings. The number of aromatic nitrogens is 6. The van der Waals surface area contributed by atoms with E-state index in [9.17, 15) is 9.50 Å². The lowest BCUT2D eigenvalue weighted by atomic mass is 9.84. The van der Waals surface area contributed by atoms with Crippen LogP contribution in [0, 0.1) is 5.82 Å². The molecule has 1 unspecified atom stereocenters. The molecule has 198 valence electrons. The average molecular weight is 514 g/mol. The number of piperidine rings is 1. The second-order valence-electron chi connectivity index (χ2n) is 10.2. The number of nitrogens with zero attached hydrogens (tertiary/aromatic N) is 7. The van der Waals surface area contributed by atoms with Gasteiger partial charge in [-0.05, 0) is 74.7 Å². The third-order valence-corrected chi connectivity index (χ3v) is 7.00. The molecule has 13 heteroatoms. The maximum Gasteiger partial charge on any atom is 0.229 e. The molecule has 2 saturated heterocycles. The lowest BCUT2D eigenvalue weighted by Gasteiger charge is -2.47. The maximum absolute atomic E-state index is 14.7. The van der Waals surface area contributed by atoms with Crippen molar-refractivity contribution in [1.82, 2.24) is 35.1 Å². The van der Waals surface area contributed by atoms with E-state index in [1.165, 1.54) is 23.9 Å². The minimum absolute atomic E-state index is 0.0469. The molecule has 2 aromatic heterocycles. The molecule has 2 aliphatic heterocycles. The van der Waals surface area contributed by atoms with E-state index in [0.717, 1.165) is 25.6 Å². The molecule has 12 nitrogen and oxygen atoms in total. The summed E-state index contributed by atoms with van der Waals surface area (Å²) in [5.74, 6) is 0.295. The van der Waals surface area contributed by atoms with Crippen LogP contribution in [-0.4, -0.2) is 88.8 Å². The molecule has 1 aromatic carbocycles. The molecule has 5 rings (SSSR count). The Morgan fingerprint density at radius 1 is 1.32 bits per heavy atom. The van der Waals surface area contributed by atoms with Gasteiger partial charge in [-0.15, -0.1) is 5.10 Å². The summed E-state index contributed by atoms with van der Waals surface area (Å²) in [6.45, 7) is 5.10. The molecule has 0 saturated carbocycles. The number of aliphatic hydroxyl groups excluding tert-OH is 2. The Hall–Kier alpha value is -3.42. The molecular weight excluding hydrogens is 481 g/mol. The molecule has 3 atom stereocenters. The fraction of sp³-hybridized carbons (Fsp3) is 0.542. The summed E-state index contributed by atoms with van der Waals surface area (Å²) >= 11 is 0. The van der Waals surface area contributed by atoms with E-state index in [0.29, 0.717) is 23.2 Å². The third-order valence-electron chi connectivity index (χ3n) is 7.00. The monoisotopic (exact) mass is 513 g/mol. The van der Waals surface area contributed by atoms with Crippen LogP contribution in [-0.2, 0) is 0 Å². The quantitative estimate of drug-likeness (QED) is 0.333. The first kappa shape index (κ1) is 25.2. The van der Waals surface area contributed by atoms with Crippen molar-refractivity contribution in [2.75, 3.05) is 30.4 Å². The van der Waals surface area contributed by atoms with Crippen LogP contribution in [0.4, 0.5) is 21.8 Å². The first-order valence-electron chi connectivity index (χ1n) is 12.4. The highest BCUT2D eigenvalue weighted by Gasteiger charge is 2.43. The zero-order valence-electron chi connectivity index (χ0n) is 20.9. The number of tetrazole rings is 1. The SMILES string of the molecule is CC1(C)C[C@H](Nc2nc(Nc3ccc(OCC(O)CO)c(-n4cnnn4)c3)ncc2F)C[C@@H]2CCCN21. The summed E-state index contributed by atoms with van der Waals surface area (Å²) in [4.78, 5) is 11.1. The van der Waals surface area contributed by atoms with Crippen LogP contribution in [0.5, 0.6) is 5.75 Å². The minimum Gasteiger partial charge on any atom is -0.489 e. The van der Waals surface area contributed by atoms with Gasteiger partial charge < -0.3 is 25.6 Å². The lowest BCUT2D eigenvalue weighted by Crippen LogP contribution is -2.55. The van der Waals surface area contributed by atoms with E-state index in [1.54, 1.807) is 18.2 Å². The third kappa shape index (κ3) is 5.63. The number of rotatable bonds is 9. The van der Waals surface area contributed by atoms with E-state index in [4.69, 9.17) is 9.84 Å². The van der Waals surface area contributed by atoms with Crippen LogP contribution in [0.15, 0.2) is 30.7 Å². The predicted octanol–water partition coefficient (Wildman–Crippen LogP) is 1.88. The predicted molar refractivity (Wildman–Crippen MR) is 133 cm³/mol. The van der Waals surface area contributed by atoms with Gasteiger partial charge in [0.2, 0.25) is 5.95 Å². The number of anilines is 3. The molecule has 0 aliphatic carbocycles. The topological polar surface area (TPSA) is 146 Å². The van der Waals surface area contributed by atoms with Crippen molar-refractivity contribution in [2.24, 2.45) is 0 Å². The average Bonchev–Trinajstić information content (AvgIpc) is 3.57. The van der Waals surface area contributed by atoms with E-state index in [2.05, 4.69) is 54.9 Å². The van der Waals surface area contributed by atoms with Crippen molar-refractivity contribution >= 4 is 17.5 Å². The molecule has 4 N–H and O–H groups in total. The summed E-state index contributed by atoms with van der Waals surface area (Å²) in [7, 11) is 0. The molecule has 0 bridgehead atoms. The van der Waals surface area contributed by atoms with E-state index >= 15 is 0 Å². The van der Waals surface area contributed by atoms with Crippen LogP contribution in [0.3, 0.4) is 0 Å². The fourth-order valence-corrected chi connectivity index (χ4v) is 5.38. The van der Waals surface area contributed by atoms with Gasteiger partial charge in [0.25, 0.3) is 0 Å². The number of halogens is 1. The minimum atomic E-state index is -1.02. The Morgan fingerprint density at radius 2 is 2.19 bits per heavy atom. The number of nitrogens with one attached hydrogen (secondary N) is 2. The van der Waals surface area contributed by atoms with Crippen molar-refractivity contribution in [1.29, 1.82) is 0 Å². The van der Waals surface area contributed by atoms with Gasteiger partial charge in [0.05, 0.1) is 12.8 Å².